The molecule has 6 fully saturated rings. The molecule has 32 heavy (non-hydrogen) atoms. The molecule has 1 N–H and O–H groups in total. The van der Waals surface area contributed by atoms with Crippen LogP contribution in [0.5, 0.6) is 0 Å². The minimum absolute atomic E-state index is 0.0676. The summed E-state index contributed by atoms with van der Waals surface area (Å²) in [6, 6.07) is 0. The molecule has 9 unspecified atom stereocenters. The highest BCUT2D eigenvalue weighted by Gasteiger charge is 2.69. The van der Waals surface area contributed by atoms with Gasteiger partial charge in [-0.1, -0.05) is 0 Å². The Hall–Kier alpha value is -1.41. The maximum absolute atomic E-state index is 13.9. The van der Waals surface area contributed by atoms with Gasteiger partial charge in [0.25, 0.3) is 0 Å². The molecule has 0 aromatic rings. The highest BCUT2D eigenvalue weighted by molar-refractivity contribution is 7.87. The first kappa shape index (κ1) is 21.1. The normalized spacial score (nSPS) is 49.1. The zero-order valence-corrected chi connectivity index (χ0v) is 17.6. The van der Waals surface area contributed by atoms with E-state index < -0.39 is 63.1 Å². The predicted molar refractivity (Wildman–Crippen MR) is 95.3 cm³/mol. The Bertz CT molecular complexity index is 987. The van der Waals surface area contributed by atoms with Crippen LogP contribution in [0.2, 0.25) is 0 Å². The molecule has 0 radical (unpaired) electrons. The molecule has 3 aliphatic carbocycles. The Labute approximate surface area is 181 Å². The van der Waals surface area contributed by atoms with Gasteiger partial charge in [-0.15, -0.1) is 0 Å². The summed E-state index contributed by atoms with van der Waals surface area (Å²) in [4.78, 5) is 24.2. The third kappa shape index (κ3) is 2.77. The van der Waals surface area contributed by atoms with E-state index in [0.29, 0.717) is 32.1 Å². The van der Waals surface area contributed by atoms with Crippen molar-refractivity contribution in [2.75, 3.05) is 6.61 Å². The van der Waals surface area contributed by atoms with E-state index in [1.54, 1.807) is 0 Å². The zero-order valence-electron chi connectivity index (χ0n) is 16.8. The monoisotopic (exact) mass is 480 g/mol. The van der Waals surface area contributed by atoms with E-state index in [4.69, 9.17) is 28.2 Å². The number of carbonyl (C=O) groups is 2. The van der Waals surface area contributed by atoms with Gasteiger partial charge in [-0.25, -0.2) is 4.79 Å². The Morgan fingerprint density at radius 1 is 1.19 bits per heavy atom. The van der Waals surface area contributed by atoms with E-state index in [2.05, 4.69) is 0 Å². The van der Waals surface area contributed by atoms with Gasteiger partial charge in [0.1, 0.15) is 30.3 Å². The summed E-state index contributed by atoms with van der Waals surface area (Å²) in [5.74, 6) is -4.50. The van der Waals surface area contributed by atoms with Crippen molar-refractivity contribution >= 4 is 22.1 Å². The molecule has 0 aromatic carbocycles. The van der Waals surface area contributed by atoms with Crippen molar-refractivity contribution in [1.82, 2.24) is 0 Å². The topological polar surface area (TPSA) is 135 Å². The minimum atomic E-state index is -5.96. The Morgan fingerprint density at radius 2 is 1.97 bits per heavy atom. The highest BCUT2D eigenvalue weighted by Crippen LogP contribution is 2.63. The molecule has 3 heterocycles. The van der Waals surface area contributed by atoms with Crippen LogP contribution < -0.4 is 0 Å². The fourth-order valence-corrected chi connectivity index (χ4v) is 7.05. The van der Waals surface area contributed by atoms with Crippen molar-refractivity contribution in [2.45, 2.75) is 73.7 Å². The summed E-state index contributed by atoms with van der Waals surface area (Å²) < 4.78 is 87.1. The van der Waals surface area contributed by atoms with Gasteiger partial charge in [-0.05, 0) is 43.9 Å². The molecular weight excluding hydrogens is 458 g/mol. The van der Waals surface area contributed by atoms with Crippen LogP contribution in [0.25, 0.3) is 0 Å². The molecule has 3 saturated heterocycles. The second-order valence-corrected chi connectivity index (χ2v) is 11.3. The van der Waals surface area contributed by atoms with Crippen molar-refractivity contribution in [3.8, 4) is 0 Å². The molecular formula is C19H22F2O10S. The minimum Gasteiger partial charge on any atom is -0.463 e. The van der Waals surface area contributed by atoms with Gasteiger partial charge in [0, 0.05) is 12.3 Å². The van der Waals surface area contributed by atoms with Crippen LogP contribution in [0.15, 0.2) is 0 Å². The molecule has 0 amide bonds. The molecule has 178 valence electrons. The summed E-state index contributed by atoms with van der Waals surface area (Å²) in [7, 11) is -5.96. The molecule has 3 saturated carbocycles. The average molecular weight is 480 g/mol. The van der Waals surface area contributed by atoms with Crippen LogP contribution in [0.4, 0.5) is 8.78 Å². The number of hydrogen-bond donors (Lipinski definition) is 1. The van der Waals surface area contributed by atoms with Crippen molar-refractivity contribution in [3.63, 3.8) is 0 Å². The lowest BCUT2D eigenvalue weighted by Crippen LogP contribution is -2.60. The first-order valence-electron chi connectivity index (χ1n) is 10.7. The van der Waals surface area contributed by atoms with E-state index in [9.17, 15) is 26.8 Å². The van der Waals surface area contributed by atoms with Crippen LogP contribution in [0.3, 0.4) is 0 Å². The van der Waals surface area contributed by atoms with E-state index in [1.807, 2.05) is 0 Å². The van der Waals surface area contributed by atoms with Gasteiger partial charge in [0.15, 0.2) is 12.1 Å². The fourth-order valence-electron chi connectivity index (χ4n) is 6.79. The zero-order chi connectivity index (χ0) is 22.7. The highest BCUT2D eigenvalue weighted by atomic mass is 32.2. The summed E-state index contributed by atoms with van der Waals surface area (Å²) in [6.45, 7) is 0.144. The summed E-state index contributed by atoms with van der Waals surface area (Å²) in [5.41, 5.74) is -1.30. The number of carbonyl (C=O) groups excluding carboxylic acids is 2. The lowest BCUT2D eigenvalue weighted by Gasteiger charge is -2.58. The van der Waals surface area contributed by atoms with Gasteiger partial charge < -0.3 is 23.7 Å². The Balaban J connectivity index is 1.26. The Kier molecular flexibility index (Phi) is 4.21. The van der Waals surface area contributed by atoms with Crippen LogP contribution in [0.1, 0.15) is 38.5 Å². The number of rotatable bonds is 3. The van der Waals surface area contributed by atoms with E-state index in [1.165, 1.54) is 0 Å². The molecule has 3 aliphatic heterocycles. The maximum atomic E-state index is 13.9. The molecule has 10 nitrogen and oxygen atoms in total. The molecule has 6 rings (SSSR count). The van der Waals surface area contributed by atoms with Gasteiger partial charge in [0.05, 0.1) is 0 Å². The molecule has 6 aliphatic rings. The number of cyclic esters (lactones) is 1. The standard InChI is InChI=1S/C19H22F2O10S/c20-19(21,32(24,25)26)16(23)31-17-2-1-8-5-18(10(6-17)3-9(8)4-17)29-13-12-11(7-27-14(12)22)28-15(13)30-18/h8-13,15H,1-7H2,(H,24,25,26). The number of fused-ring (bicyclic) bond motifs is 6. The second-order valence-electron chi connectivity index (χ2n) is 9.88. The third-order valence-electron chi connectivity index (χ3n) is 8.16. The van der Waals surface area contributed by atoms with E-state index >= 15 is 0 Å². The van der Waals surface area contributed by atoms with Gasteiger partial charge in [-0.3, -0.25) is 9.35 Å². The average Bonchev–Trinajstić information content (AvgIpc) is 3.32. The largest absolute Gasteiger partial charge is 0.465 e. The number of alkyl halides is 2. The van der Waals surface area contributed by atoms with Crippen LogP contribution in [0, 0.1) is 23.7 Å². The second kappa shape index (κ2) is 6.38. The van der Waals surface area contributed by atoms with E-state index in [0.717, 1.165) is 0 Å². The lowest BCUT2D eigenvalue weighted by molar-refractivity contribution is -0.305. The molecule has 9 atom stereocenters. The van der Waals surface area contributed by atoms with Crippen molar-refractivity contribution in [3.05, 3.63) is 0 Å². The van der Waals surface area contributed by atoms with Crippen molar-refractivity contribution in [2.24, 2.45) is 23.7 Å². The first-order valence-corrected chi connectivity index (χ1v) is 12.1. The third-order valence-corrected chi connectivity index (χ3v) is 8.98. The maximum Gasteiger partial charge on any atom is 0.465 e. The summed E-state index contributed by atoms with van der Waals surface area (Å²) >= 11 is 0. The summed E-state index contributed by atoms with van der Waals surface area (Å²) in [6.07, 6.45) is 0.748. The number of halogens is 2. The summed E-state index contributed by atoms with van der Waals surface area (Å²) in [5, 5.41) is -5.05. The number of hydrogen-bond acceptors (Lipinski definition) is 9. The van der Waals surface area contributed by atoms with E-state index in [-0.39, 0.29) is 30.8 Å². The number of esters is 2. The molecule has 3 bridgehead atoms. The molecule has 13 heteroatoms. The van der Waals surface area contributed by atoms with Gasteiger partial charge in [0.2, 0.25) is 0 Å². The fraction of sp³-hybridized carbons (Fsp3) is 0.895. The first-order chi connectivity index (χ1) is 14.9. The predicted octanol–water partition coefficient (Wildman–Crippen LogP) is 0.989. The Morgan fingerprint density at radius 3 is 2.72 bits per heavy atom. The molecule has 0 aromatic heterocycles. The smallest absolute Gasteiger partial charge is 0.463 e. The van der Waals surface area contributed by atoms with Gasteiger partial charge >= 0.3 is 27.3 Å². The van der Waals surface area contributed by atoms with Crippen molar-refractivity contribution < 1.29 is 55.0 Å². The van der Waals surface area contributed by atoms with Crippen molar-refractivity contribution in [1.29, 1.82) is 0 Å². The quantitative estimate of drug-likeness (QED) is 0.460. The lowest BCUT2D eigenvalue weighted by atomic mass is 9.54. The van der Waals surface area contributed by atoms with Crippen LogP contribution >= 0.6 is 0 Å². The molecule has 1 spiro atoms. The van der Waals surface area contributed by atoms with Crippen LogP contribution in [-0.4, -0.2) is 66.7 Å². The SMILES string of the molecule is O=C1OCC2OC3OC4(CC5CCC6(OC(=O)C(F)(F)S(=O)(=O)O)CC5CC4C6)OC3C12. The number of ether oxygens (including phenoxy) is 5. The van der Waals surface area contributed by atoms with Gasteiger partial charge in [-0.2, -0.15) is 17.2 Å². The van der Waals surface area contributed by atoms with Crippen LogP contribution in [-0.2, 0) is 43.4 Å².